The van der Waals surface area contributed by atoms with E-state index in [-0.39, 0.29) is 32.8 Å². The molecular weight excluding hydrogens is 624 g/mol. The number of ketones is 2. The van der Waals surface area contributed by atoms with E-state index in [0.717, 1.165) is 0 Å². The number of Topliss-reactive ketones (excluding diaryl/α,β-unsaturated/α-hetero) is 2. The lowest BCUT2D eigenvalue weighted by molar-refractivity contribution is -0.204. The van der Waals surface area contributed by atoms with Gasteiger partial charge in [-0.25, -0.2) is 9.59 Å². The Balaban J connectivity index is 1.22. The van der Waals surface area contributed by atoms with Gasteiger partial charge in [-0.2, -0.15) is 0 Å². The molecule has 5 heterocycles. The van der Waals surface area contributed by atoms with Crippen molar-refractivity contribution in [2.24, 2.45) is 10.8 Å². The Bertz CT molecular complexity index is 1580. The second-order valence-electron chi connectivity index (χ2n) is 14.2. The molecular formula is C36H40O12. The molecule has 0 N–H and O–H groups in total. The fourth-order valence-electron chi connectivity index (χ4n) is 7.34. The third kappa shape index (κ3) is 4.22. The van der Waals surface area contributed by atoms with Gasteiger partial charge in [-0.1, -0.05) is 36.4 Å². The van der Waals surface area contributed by atoms with Crippen LogP contribution >= 0.6 is 0 Å². The zero-order valence-corrected chi connectivity index (χ0v) is 27.9. The minimum Gasteiger partial charge on any atom is -0.493 e. The molecule has 0 radical (unpaired) electrons. The van der Waals surface area contributed by atoms with Crippen molar-refractivity contribution in [2.75, 3.05) is 26.4 Å². The predicted molar refractivity (Wildman–Crippen MR) is 165 cm³/mol. The van der Waals surface area contributed by atoms with Gasteiger partial charge in [0.2, 0.25) is 0 Å². The summed E-state index contributed by atoms with van der Waals surface area (Å²) in [5.74, 6) is -4.75. The molecule has 4 bridgehead atoms. The summed E-state index contributed by atoms with van der Waals surface area (Å²) in [6.07, 6.45) is -1.79. The number of ether oxygens (including phenoxy) is 8. The molecule has 5 aliphatic rings. The normalized spacial score (nSPS) is 37.2. The lowest BCUT2D eigenvalue weighted by Gasteiger charge is -2.39. The van der Waals surface area contributed by atoms with Gasteiger partial charge in [0, 0.05) is 24.0 Å². The number of esters is 2. The number of carbonyl (C=O) groups excluding carboxylic acids is 4. The van der Waals surface area contributed by atoms with Crippen LogP contribution in [0, 0.1) is 10.8 Å². The minimum atomic E-state index is -2.09. The van der Waals surface area contributed by atoms with Gasteiger partial charge in [0.1, 0.15) is 23.7 Å². The fourth-order valence-corrected chi connectivity index (χ4v) is 7.34. The fraction of sp³-hybridized carbons (Fsp3) is 0.556. The van der Waals surface area contributed by atoms with E-state index in [2.05, 4.69) is 0 Å². The van der Waals surface area contributed by atoms with E-state index in [1.54, 1.807) is 90.1 Å². The molecule has 4 saturated heterocycles. The molecule has 4 fully saturated rings. The topological polar surface area (TPSA) is 142 Å². The second kappa shape index (κ2) is 10.8. The highest BCUT2D eigenvalue weighted by atomic mass is 16.8. The Hall–Kier alpha value is -3.84. The third-order valence-electron chi connectivity index (χ3n) is 10.8. The average Bonchev–Trinajstić information content (AvgIpc) is 3.66. The van der Waals surface area contributed by atoms with Gasteiger partial charge in [0.15, 0.2) is 23.1 Å². The smallest absolute Gasteiger partial charge is 0.349 e. The predicted octanol–water partition coefficient (Wildman–Crippen LogP) is 4.33. The molecule has 2 aromatic rings. The van der Waals surface area contributed by atoms with Crippen molar-refractivity contribution in [2.45, 2.75) is 89.4 Å². The maximum absolute atomic E-state index is 14.0. The molecule has 5 aliphatic heterocycles. The first-order chi connectivity index (χ1) is 22.7. The zero-order chi connectivity index (χ0) is 34.3. The van der Waals surface area contributed by atoms with Gasteiger partial charge in [-0.3, -0.25) is 9.59 Å². The molecule has 256 valence electrons. The molecule has 0 aliphatic carbocycles. The summed E-state index contributed by atoms with van der Waals surface area (Å²) in [7, 11) is 0. The van der Waals surface area contributed by atoms with Crippen molar-refractivity contribution < 1.29 is 57.1 Å². The van der Waals surface area contributed by atoms with Crippen LogP contribution in [0.1, 0.15) is 77.7 Å². The molecule has 6 atom stereocenters. The van der Waals surface area contributed by atoms with Gasteiger partial charge in [0.05, 0.1) is 37.3 Å². The van der Waals surface area contributed by atoms with Crippen LogP contribution in [0.4, 0.5) is 0 Å². The van der Waals surface area contributed by atoms with Crippen molar-refractivity contribution in [3.05, 3.63) is 59.7 Å². The van der Waals surface area contributed by atoms with Crippen molar-refractivity contribution in [1.82, 2.24) is 0 Å². The Labute approximate surface area is 278 Å². The zero-order valence-electron chi connectivity index (χ0n) is 27.9. The molecule has 0 aromatic heterocycles. The Morgan fingerprint density at radius 1 is 0.521 bits per heavy atom. The summed E-state index contributed by atoms with van der Waals surface area (Å²) in [6, 6.07) is 14.0. The van der Waals surface area contributed by atoms with Crippen molar-refractivity contribution in [1.29, 1.82) is 0 Å². The Morgan fingerprint density at radius 3 is 1.25 bits per heavy atom. The van der Waals surface area contributed by atoms with E-state index in [9.17, 15) is 19.2 Å². The summed E-state index contributed by atoms with van der Waals surface area (Å²) in [5.41, 5.74) is -5.56. The summed E-state index contributed by atoms with van der Waals surface area (Å²) in [4.78, 5) is 55.8. The van der Waals surface area contributed by atoms with Crippen LogP contribution in [0.15, 0.2) is 48.5 Å². The van der Waals surface area contributed by atoms with E-state index in [1.165, 1.54) is 0 Å². The molecule has 7 rings (SSSR count). The Morgan fingerprint density at radius 2 is 0.875 bits per heavy atom. The highest BCUT2D eigenvalue weighted by Gasteiger charge is 2.81. The summed E-state index contributed by atoms with van der Waals surface area (Å²) in [6.45, 7) is 9.95. The summed E-state index contributed by atoms with van der Waals surface area (Å²) < 4.78 is 48.8. The number of cyclic esters (lactones) is 2. The highest BCUT2D eigenvalue weighted by molar-refractivity contribution is 6.14. The number of benzene rings is 2. The largest absolute Gasteiger partial charge is 0.493 e. The first kappa shape index (κ1) is 32.7. The van der Waals surface area contributed by atoms with E-state index in [4.69, 9.17) is 37.9 Å². The van der Waals surface area contributed by atoms with Crippen molar-refractivity contribution >= 4 is 23.5 Å². The summed E-state index contributed by atoms with van der Waals surface area (Å²) in [5, 5.41) is 0. The second-order valence-corrected chi connectivity index (χ2v) is 14.2. The first-order valence-electron chi connectivity index (χ1n) is 16.3. The van der Waals surface area contributed by atoms with Crippen LogP contribution in [0.25, 0.3) is 0 Å². The number of rotatable bonds is 0. The average molecular weight is 665 g/mol. The van der Waals surface area contributed by atoms with Gasteiger partial charge < -0.3 is 37.9 Å². The maximum Gasteiger partial charge on any atom is 0.349 e. The van der Waals surface area contributed by atoms with Gasteiger partial charge >= 0.3 is 11.9 Å². The van der Waals surface area contributed by atoms with Crippen LogP contribution in [0.2, 0.25) is 0 Å². The molecule has 0 saturated carbocycles. The minimum absolute atomic E-state index is 0.0593. The van der Waals surface area contributed by atoms with E-state index >= 15 is 0 Å². The molecule has 48 heavy (non-hydrogen) atoms. The Kier molecular flexibility index (Phi) is 7.38. The van der Waals surface area contributed by atoms with E-state index < -0.39 is 69.3 Å². The summed E-state index contributed by atoms with van der Waals surface area (Å²) >= 11 is 0. The highest BCUT2D eigenvalue weighted by Crippen LogP contribution is 2.64. The number of para-hydroxylation sites is 2. The van der Waals surface area contributed by atoms with Crippen molar-refractivity contribution in [3.8, 4) is 11.5 Å². The number of hydrogen-bond donors (Lipinski definition) is 0. The third-order valence-corrected chi connectivity index (χ3v) is 10.8. The van der Waals surface area contributed by atoms with Gasteiger partial charge in [-0.15, -0.1) is 0 Å². The van der Waals surface area contributed by atoms with Crippen LogP contribution in [0.5, 0.6) is 11.5 Å². The molecule has 2 spiro atoms. The van der Waals surface area contributed by atoms with Crippen LogP contribution < -0.4 is 9.47 Å². The molecule has 6 unspecified atom stereocenters. The maximum atomic E-state index is 14.0. The first-order valence-corrected chi connectivity index (χ1v) is 16.3. The number of fused-ring (bicyclic) bond motifs is 6. The lowest BCUT2D eigenvalue weighted by Crippen LogP contribution is -2.56. The number of hydrogen-bond acceptors (Lipinski definition) is 12. The lowest BCUT2D eigenvalue weighted by atomic mass is 9.71. The monoisotopic (exact) mass is 664 g/mol. The van der Waals surface area contributed by atoms with Crippen LogP contribution in [0.3, 0.4) is 0 Å². The number of carbonyl (C=O) groups is 4. The molecule has 12 heteroatoms. The van der Waals surface area contributed by atoms with E-state index in [1.807, 2.05) is 0 Å². The molecule has 2 aromatic carbocycles. The molecule has 12 nitrogen and oxygen atoms in total. The van der Waals surface area contributed by atoms with E-state index in [0.29, 0.717) is 29.0 Å². The standard InChI is InChI=1S/C36H40O12/c1-31(2)27(37)35-25(45-33(31,5)47-35)21-13-7-9-15-23(21)41-17-11-18-42-24-16-10-8-14-22(24)26-36(30(40)44-20-12-19-43-29(35)39)28(38)32(3,4)34(6,46-26)48-36/h7-10,13-16,25-26H,11-12,17-20H2,1-6H3. The van der Waals surface area contributed by atoms with Crippen molar-refractivity contribution in [3.63, 3.8) is 0 Å². The van der Waals surface area contributed by atoms with Crippen LogP contribution in [-0.2, 0) is 47.6 Å². The molecule has 0 amide bonds. The van der Waals surface area contributed by atoms with Gasteiger partial charge in [0.25, 0.3) is 11.2 Å². The quantitative estimate of drug-likeness (QED) is 0.292. The SMILES string of the molecule is CC12OC3c4ccccc4OCCCOc4ccccc4C4OC5(C)OC4(C(=O)OCCCOC(=O)C3(O1)C(=O)C2(C)C)C(=O)C5(C)C. The van der Waals surface area contributed by atoms with Crippen LogP contribution in [-0.4, -0.2) is 72.7 Å². The van der Waals surface area contributed by atoms with Gasteiger partial charge in [-0.05, 0) is 53.7 Å².